The summed E-state index contributed by atoms with van der Waals surface area (Å²) in [5.74, 6) is 0.312. The Balaban J connectivity index is 1.79. The van der Waals surface area contributed by atoms with Gasteiger partial charge in [0.05, 0.1) is 10.4 Å². The van der Waals surface area contributed by atoms with Crippen LogP contribution in [0.15, 0.2) is 65.6 Å². The molecule has 0 amide bonds. The Hall–Kier alpha value is -3.45. The van der Waals surface area contributed by atoms with Crippen molar-refractivity contribution in [3.05, 3.63) is 87.6 Å². The van der Waals surface area contributed by atoms with E-state index in [2.05, 4.69) is 26.1 Å². The molecule has 0 radical (unpaired) electrons. The first-order valence-electron chi connectivity index (χ1n) is 9.89. The largest absolute Gasteiger partial charge is 0.431 e. The van der Waals surface area contributed by atoms with Crippen LogP contribution >= 0.6 is 0 Å². The lowest BCUT2D eigenvalue weighted by molar-refractivity contribution is 0.603. The smallest absolute Gasteiger partial charge is 0.202 e. The number of para-hydroxylation sites is 2. The van der Waals surface area contributed by atoms with E-state index in [9.17, 15) is 8.42 Å². The molecule has 0 saturated heterocycles. The number of benzene rings is 3. The Morgan fingerprint density at radius 2 is 1.42 bits per heavy atom. The van der Waals surface area contributed by atoms with E-state index >= 15 is 0 Å². The predicted molar refractivity (Wildman–Crippen MR) is 125 cm³/mol. The van der Waals surface area contributed by atoms with Crippen LogP contribution in [-0.4, -0.2) is 18.4 Å². The third-order valence-corrected chi connectivity index (χ3v) is 6.28. The summed E-state index contributed by atoms with van der Waals surface area (Å²) in [7, 11) is -3.97. The number of hydrogen-bond acceptors (Lipinski definition) is 5. The van der Waals surface area contributed by atoms with E-state index in [0.29, 0.717) is 11.0 Å². The van der Waals surface area contributed by atoms with E-state index in [-0.39, 0.29) is 16.5 Å². The van der Waals surface area contributed by atoms with Crippen molar-refractivity contribution < 1.29 is 8.42 Å². The second-order valence-corrected chi connectivity index (χ2v) is 9.30. The predicted octanol–water partition coefficient (Wildman–Crippen LogP) is 6.00. The highest BCUT2D eigenvalue weighted by atomic mass is 32.2. The van der Waals surface area contributed by atoms with Gasteiger partial charge >= 0.3 is 0 Å². The van der Waals surface area contributed by atoms with Crippen LogP contribution in [0.1, 0.15) is 22.3 Å². The van der Waals surface area contributed by atoms with Gasteiger partial charge < -0.3 is 15.0 Å². The van der Waals surface area contributed by atoms with Gasteiger partial charge in [-0.1, -0.05) is 30.3 Å². The number of nitrogens with one attached hydrogen (secondary N) is 1. The highest BCUT2D eigenvalue weighted by Gasteiger charge is 2.14. The minimum Gasteiger partial charge on any atom is -0.431 e. The van der Waals surface area contributed by atoms with Gasteiger partial charge in [-0.2, -0.15) is 0 Å². The molecule has 1 N–H and O–H groups in total. The van der Waals surface area contributed by atoms with Crippen molar-refractivity contribution in [3.63, 3.8) is 0 Å². The van der Waals surface area contributed by atoms with E-state index in [1.165, 1.54) is 0 Å². The molecule has 31 heavy (non-hydrogen) atoms. The van der Waals surface area contributed by atoms with Crippen LogP contribution in [0.2, 0.25) is 0 Å². The maximum absolute atomic E-state index is 13.1. The molecular formula is C24H23N4O2S-. The quantitative estimate of drug-likeness (QED) is 0.419. The van der Waals surface area contributed by atoms with Crippen molar-refractivity contribution in [1.82, 2.24) is 9.97 Å². The van der Waals surface area contributed by atoms with Crippen LogP contribution in [0, 0.1) is 27.7 Å². The van der Waals surface area contributed by atoms with E-state index in [0.717, 1.165) is 27.9 Å². The second-order valence-electron chi connectivity index (χ2n) is 7.70. The summed E-state index contributed by atoms with van der Waals surface area (Å²) in [4.78, 5) is 9.23. The molecule has 4 rings (SSSR count). The van der Waals surface area contributed by atoms with E-state index < -0.39 is 10.0 Å². The highest BCUT2D eigenvalue weighted by Crippen LogP contribution is 2.35. The lowest BCUT2D eigenvalue weighted by Gasteiger charge is -2.21. The standard InChI is InChI=1S/C24H23N4O2S/c1-15-11-16(2)13-19(12-15)25-23-24(27-22-8-6-5-7-21(22)26-23)28-31(29,30)20-10-9-17(3)18(4)14-20/h5-14H,1-4H3,(H-,25,26,27,28)/q-1. The topological polar surface area (TPSA) is 86.1 Å². The molecule has 0 aliphatic heterocycles. The van der Waals surface area contributed by atoms with Crippen molar-refractivity contribution in [2.24, 2.45) is 0 Å². The van der Waals surface area contributed by atoms with Gasteiger partial charge in [0.15, 0.2) is 0 Å². The first-order valence-corrected chi connectivity index (χ1v) is 11.3. The number of anilines is 2. The van der Waals surface area contributed by atoms with Crippen molar-refractivity contribution in [2.45, 2.75) is 32.6 Å². The summed E-state index contributed by atoms with van der Waals surface area (Å²) in [6.45, 7) is 7.81. The van der Waals surface area contributed by atoms with E-state index in [4.69, 9.17) is 0 Å². The Morgan fingerprint density at radius 3 is 2.06 bits per heavy atom. The molecule has 158 valence electrons. The first-order chi connectivity index (χ1) is 14.7. The van der Waals surface area contributed by atoms with Crippen LogP contribution < -0.4 is 5.32 Å². The maximum Gasteiger partial charge on any atom is 0.202 e. The summed E-state index contributed by atoms with van der Waals surface area (Å²) in [5, 5.41) is 3.21. The molecule has 4 aromatic rings. The van der Waals surface area contributed by atoms with Gasteiger partial charge in [-0.15, -0.1) is 0 Å². The lowest BCUT2D eigenvalue weighted by atomic mass is 10.1. The molecule has 0 saturated carbocycles. The molecule has 1 heterocycles. The summed E-state index contributed by atoms with van der Waals surface area (Å²) in [6, 6.07) is 18.3. The molecule has 3 aromatic carbocycles. The number of nitrogens with zero attached hydrogens (tertiary/aromatic N) is 3. The summed E-state index contributed by atoms with van der Waals surface area (Å²) in [5.41, 5.74) is 6.08. The van der Waals surface area contributed by atoms with Crippen molar-refractivity contribution >= 4 is 38.4 Å². The molecule has 1 aromatic heterocycles. The molecule has 0 atom stereocenters. The summed E-state index contributed by atoms with van der Waals surface area (Å²) < 4.78 is 30.2. The van der Waals surface area contributed by atoms with Gasteiger partial charge in [0.25, 0.3) is 0 Å². The van der Waals surface area contributed by atoms with Gasteiger partial charge in [0.1, 0.15) is 5.82 Å². The van der Waals surface area contributed by atoms with Crippen molar-refractivity contribution in [2.75, 3.05) is 5.32 Å². The van der Waals surface area contributed by atoms with Crippen molar-refractivity contribution in [1.29, 1.82) is 0 Å². The zero-order valence-electron chi connectivity index (χ0n) is 17.8. The number of hydrogen-bond donors (Lipinski definition) is 1. The third-order valence-electron chi connectivity index (χ3n) is 5.02. The van der Waals surface area contributed by atoms with Crippen LogP contribution in [0.25, 0.3) is 15.8 Å². The number of rotatable bonds is 5. The van der Waals surface area contributed by atoms with Crippen molar-refractivity contribution in [3.8, 4) is 0 Å². The Bertz CT molecular complexity index is 1380. The average molecular weight is 432 g/mol. The van der Waals surface area contributed by atoms with E-state index in [1.807, 2.05) is 58.0 Å². The lowest BCUT2D eigenvalue weighted by Crippen LogP contribution is -2.03. The van der Waals surface area contributed by atoms with Gasteiger partial charge in [0, 0.05) is 5.69 Å². The minimum atomic E-state index is -3.97. The number of sulfonamides is 1. The number of aryl methyl sites for hydroxylation is 4. The van der Waals surface area contributed by atoms with E-state index in [1.54, 1.807) is 24.3 Å². The third kappa shape index (κ3) is 4.51. The monoisotopic (exact) mass is 431 g/mol. The van der Waals surface area contributed by atoms with Crippen LogP contribution in [0.4, 0.5) is 17.3 Å². The maximum atomic E-state index is 13.1. The molecule has 0 aliphatic rings. The Morgan fingerprint density at radius 1 is 0.774 bits per heavy atom. The average Bonchev–Trinajstić information content (AvgIpc) is 2.69. The SMILES string of the molecule is Cc1cc(C)cc(Nc2nc3ccccc3nc2[N-]S(=O)(=O)c2ccc(C)c(C)c2)c1. The molecule has 0 unspecified atom stereocenters. The Labute approximate surface area is 182 Å². The molecule has 0 bridgehead atoms. The fourth-order valence-electron chi connectivity index (χ4n) is 3.36. The molecule has 0 spiro atoms. The Kier molecular flexibility index (Phi) is 5.37. The number of fused-ring (bicyclic) bond motifs is 1. The molecule has 6 nitrogen and oxygen atoms in total. The zero-order valence-corrected chi connectivity index (χ0v) is 18.7. The fourth-order valence-corrected chi connectivity index (χ4v) is 4.39. The van der Waals surface area contributed by atoms with Crippen LogP contribution in [0.5, 0.6) is 0 Å². The van der Waals surface area contributed by atoms with Crippen LogP contribution in [-0.2, 0) is 10.0 Å². The van der Waals surface area contributed by atoms with Gasteiger partial charge in [-0.05, 0) is 91.6 Å². The van der Waals surface area contributed by atoms with Gasteiger partial charge in [-0.25, -0.2) is 13.4 Å². The molecular weight excluding hydrogens is 408 g/mol. The molecule has 7 heteroatoms. The summed E-state index contributed by atoms with van der Waals surface area (Å²) in [6.07, 6.45) is 0. The van der Waals surface area contributed by atoms with Gasteiger partial charge in [-0.3, -0.25) is 0 Å². The minimum absolute atomic E-state index is 0.0242. The van der Waals surface area contributed by atoms with Gasteiger partial charge in [0.2, 0.25) is 10.0 Å². The zero-order chi connectivity index (χ0) is 22.2. The fraction of sp³-hybridized carbons (Fsp3) is 0.167. The van der Waals surface area contributed by atoms with Crippen LogP contribution in [0.3, 0.4) is 0 Å². The molecule has 0 fully saturated rings. The number of aromatic nitrogens is 2. The second kappa shape index (κ2) is 8.00. The summed E-state index contributed by atoms with van der Waals surface area (Å²) >= 11 is 0. The first kappa shape index (κ1) is 20.8. The molecule has 0 aliphatic carbocycles. The normalized spacial score (nSPS) is 11.5. The highest BCUT2D eigenvalue weighted by molar-refractivity contribution is 7.94.